The van der Waals surface area contributed by atoms with Crippen molar-refractivity contribution in [2.45, 2.75) is 19.4 Å². The van der Waals surface area contributed by atoms with E-state index in [1.807, 2.05) is 6.92 Å². The summed E-state index contributed by atoms with van der Waals surface area (Å²) in [5.74, 6) is 0.173. The molecule has 1 heterocycles. The average molecular weight is 260 g/mol. The van der Waals surface area contributed by atoms with E-state index < -0.39 is 4.92 Å². The van der Waals surface area contributed by atoms with Crippen LogP contribution in [0.2, 0.25) is 5.02 Å². The van der Waals surface area contributed by atoms with Crippen LogP contribution in [0.4, 0.5) is 11.5 Å². The minimum Gasteiger partial charge on any atom is -0.383 e. The van der Waals surface area contributed by atoms with Gasteiger partial charge in [0.2, 0.25) is 5.82 Å². The van der Waals surface area contributed by atoms with Crippen LogP contribution in [0.3, 0.4) is 0 Å². The Hall–Kier alpha value is -1.40. The Morgan fingerprint density at radius 2 is 2.41 bits per heavy atom. The number of anilines is 1. The van der Waals surface area contributed by atoms with Crippen LogP contribution in [0, 0.1) is 10.1 Å². The van der Waals surface area contributed by atoms with Crippen molar-refractivity contribution in [3.8, 4) is 0 Å². The van der Waals surface area contributed by atoms with E-state index in [0.717, 1.165) is 6.42 Å². The topological polar surface area (TPSA) is 77.3 Å². The quantitative estimate of drug-likeness (QED) is 0.627. The van der Waals surface area contributed by atoms with Gasteiger partial charge in [0.1, 0.15) is 5.02 Å². The molecule has 0 spiro atoms. The van der Waals surface area contributed by atoms with Crippen molar-refractivity contribution < 1.29 is 9.66 Å². The van der Waals surface area contributed by atoms with Crippen LogP contribution < -0.4 is 5.32 Å². The summed E-state index contributed by atoms with van der Waals surface area (Å²) in [6.45, 7) is 2.40. The molecule has 0 aliphatic rings. The second-order valence-corrected chi connectivity index (χ2v) is 3.86. The molecule has 0 saturated heterocycles. The molecule has 0 aromatic carbocycles. The maximum absolute atomic E-state index is 10.9. The van der Waals surface area contributed by atoms with Crippen molar-refractivity contribution in [3.63, 3.8) is 0 Å². The van der Waals surface area contributed by atoms with Crippen LogP contribution in [0.1, 0.15) is 13.3 Å². The summed E-state index contributed by atoms with van der Waals surface area (Å²) >= 11 is 5.78. The van der Waals surface area contributed by atoms with E-state index in [9.17, 15) is 10.1 Å². The third-order valence-electron chi connectivity index (χ3n) is 2.26. The lowest BCUT2D eigenvalue weighted by Gasteiger charge is -2.16. The highest BCUT2D eigenvalue weighted by molar-refractivity contribution is 6.33. The summed E-state index contributed by atoms with van der Waals surface area (Å²) < 4.78 is 5.00. The molecular weight excluding hydrogens is 246 g/mol. The number of hydrogen-bond donors (Lipinski definition) is 1. The zero-order chi connectivity index (χ0) is 12.8. The van der Waals surface area contributed by atoms with E-state index in [1.54, 1.807) is 7.11 Å². The van der Waals surface area contributed by atoms with Crippen molar-refractivity contribution >= 4 is 23.1 Å². The first-order valence-corrected chi connectivity index (χ1v) is 5.52. The first kappa shape index (κ1) is 13.7. The monoisotopic (exact) mass is 259 g/mol. The molecule has 0 aliphatic carbocycles. The number of pyridine rings is 1. The Bertz CT molecular complexity index is 400. The number of nitrogens with one attached hydrogen (secondary N) is 1. The van der Waals surface area contributed by atoms with Gasteiger partial charge >= 0.3 is 5.69 Å². The summed E-state index contributed by atoms with van der Waals surface area (Å²) in [5, 5.41) is 13.9. The summed E-state index contributed by atoms with van der Waals surface area (Å²) in [4.78, 5) is 14.3. The van der Waals surface area contributed by atoms with E-state index >= 15 is 0 Å². The van der Waals surface area contributed by atoms with E-state index in [2.05, 4.69) is 10.3 Å². The number of rotatable bonds is 6. The molecule has 0 radical (unpaired) electrons. The van der Waals surface area contributed by atoms with E-state index in [0.29, 0.717) is 6.61 Å². The molecule has 0 aliphatic heterocycles. The van der Waals surface area contributed by atoms with Gasteiger partial charge < -0.3 is 10.1 Å². The highest BCUT2D eigenvalue weighted by atomic mass is 35.5. The minimum absolute atomic E-state index is 0.0373. The molecule has 1 atom stereocenters. The highest BCUT2D eigenvalue weighted by Crippen LogP contribution is 2.30. The fourth-order valence-corrected chi connectivity index (χ4v) is 1.58. The van der Waals surface area contributed by atoms with E-state index in [1.165, 1.54) is 12.3 Å². The van der Waals surface area contributed by atoms with Gasteiger partial charge in [-0.3, -0.25) is 10.1 Å². The molecule has 1 N–H and O–H groups in total. The molecule has 0 saturated carbocycles. The first-order valence-electron chi connectivity index (χ1n) is 5.14. The lowest BCUT2D eigenvalue weighted by atomic mass is 10.2. The first-order chi connectivity index (χ1) is 8.10. The van der Waals surface area contributed by atoms with Crippen molar-refractivity contribution in [1.29, 1.82) is 0 Å². The molecule has 1 rings (SSSR count). The van der Waals surface area contributed by atoms with Crippen LogP contribution in [0.5, 0.6) is 0 Å². The number of halogens is 1. The summed E-state index contributed by atoms with van der Waals surface area (Å²) in [6.07, 6.45) is 2.19. The maximum atomic E-state index is 10.9. The van der Waals surface area contributed by atoms with E-state index in [4.69, 9.17) is 16.3 Å². The third kappa shape index (κ3) is 3.54. The number of ether oxygens (including phenoxy) is 1. The fourth-order valence-electron chi connectivity index (χ4n) is 1.37. The molecule has 1 aromatic rings. The van der Waals surface area contributed by atoms with Crippen molar-refractivity contribution in [1.82, 2.24) is 4.98 Å². The Kier molecular flexibility index (Phi) is 5.11. The summed E-state index contributed by atoms with van der Waals surface area (Å²) in [6, 6.07) is 1.35. The Balaban J connectivity index is 2.97. The van der Waals surface area contributed by atoms with Crippen molar-refractivity contribution in [3.05, 3.63) is 27.4 Å². The Morgan fingerprint density at radius 1 is 1.71 bits per heavy atom. The van der Waals surface area contributed by atoms with Gasteiger partial charge in [-0.25, -0.2) is 4.98 Å². The fraction of sp³-hybridized carbons (Fsp3) is 0.500. The second kappa shape index (κ2) is 6.36. The average Bonchev–Trinajstić information content (AvgIpc) is 2.28. The van der Waals surface area contributed by atoms with Crippen LogP contribution >= 0.6 is 11.6 Å². The van der Waals surface area contributed by atoms with Gasteiger partial charge in [-0.15, -0.1) is 0 Å². The summed E-state index contributed by atoms with van der Waals surface area (Å²) in [5.41, 5.74) is -0.205. The second-order valence-electron chi connectivity index (χ2n) is 3.45. The van der Waals surface area contributed by atoms with Gasteiger partial charge in [0.15, 0.2) is 0 Å². The predicted molar refractivity (Wildman–Crippen MR) is 65.5 cm³/mol. The van der Waals surface area contributed by atoms with Gasteiger partial charge in [-0.1, -0.05) is 18.5 Å². The molecule has 0 fully saturated rings. The molecule has 94 valence electrons. The molecule has 6 nitrogen and oxygen atoms in total. The minimum atomic E-state index is -0.544. The number of aromatic nitrogens is 1. The number of nitrogens with zero attached hydrogens (tertiary/aromatic N) is 2. The molecule has 1 unspecified atom stereocenters. The van der Waals surface area contributed by atoms with Gasteiger partial charge in [0, 0.05) is 13.3 Å². The largest absolute Gasteiger partial charge is 0.383 e. The van der Waals surface area contributed by atoms with Crippen molar-refractivity contribution in [2.24, 2.45) is 0 Å². The molecule has 0 amide bonds. The van der Waals surface area contributed by atoms with Crippen LogP contribution in [-0.2, 0) is 4.74 Å². The normalized spacial score (nSPS) is 12.2. The van der Waals surface area contributed by atoms with Crippen LogP contribution in [0.15, 0.2) is 12.3 Å². The zero-order valence-corrected chi connectivity index (χ0v) is 10.4. The molecule has 17 heavy (non-hydrogen) atoms. The smallest absolute Gasteiger partial charge is 0.329 e. The Morgan fingerprint density at radius 3 is 2.94 bits per heavy atom. The third-order valence-corrected chi connectivity index (χ3v) is 2.56. The SMILES string of the molecule is CCC(COC)Nc1nccc(Cl)c1[N+](=O)[O-]. The number of methoxy groups -OCH3 is 1. The predicted octanol–water partition coefficient (Wildman–Crippen LogP) is 2.48. The highest BCUT2D eigenvalue weighted by Gasteiger charge is 2.21. The standard InChI is InChI=1S/C10H14ClN3O3/c1-3-7(6-17-2)13-10-9(14(15)16)8(11)4-5-12-10/h4-5,7H,3,6H2,1-2H3,(H,12,13). The van der Waals surface area contributed by atoms with Gasteiger partial charge in [-0.05, 0) is 12.5 Å². The number of hydrogen-bond acceptors (Lipinski definition) is 5. The van der Waals surface area contributed by atoms with Gasteiger partial charge in [-0.2, -0.15) is 0 Å². The van der Waals surface area contributed by atoms with E-state index in [-0.39, 0.29) is 22.6 Å². The van der Waals surface area contributed by atoms with Crippen molar-refractivity contribution in [2.75, 3.05) is 19.0 Å². The molecule has 1 aromatic heterocycles. The van der Waals surface area contributed by atoms with Crippen LogP contribution in [0.25, 0.3) is 0 Å². The van der Waals surface area contributed by atoms with Crippen LogP contribution in [-0.4, -0.2) is 29.7 Å². The van der Waals surface area contributed by atoms with Gasteiger partial charge in [0.05, 0.1) is 17.6 Å². The molecule has 0 bridgehead atoms. The zero-order valence-electron chi connectivity index (χ0n) is 9.64. The number of nitro groups is 1. The maximum Gasteiger partial charge on any atom is 0.329 e. The Labute approximate surface area is 104 Å². The van der Waals surface area contributed by atoms with Gasteiger partial charge in [0.25, 0.3) is 0 Å². The lowest BCUT2D eigenvalue weighted by molar-refractivity contribution is -0.384. The lowest BCUT2D eigenvalue weighted by Crippen LogP contribution is -2.25. The molecular formula is C10H14ClN3O3. The molecule has 7 heteroatoms. The summed E-state index contributed by atoms with van der Waals surface area (Å²) in [7, 11) is 1.57.